The summed E-state index contributed by atoms with van der Waals surface area (Å²) in [4.78, 5) is 11.9. The number of benzene rings is 1. The third-order valence-electron chi connectivity index (χ3n) is 2.97. The number of aromatic nitrogens is 2. The fourth-order valence-corrected chi connectivity index (χ4v) is 2.24. The van der Waals surface area contributed by atoms with Gasteiger partial charge in [-0.1, -0.05) is 12.1 Å². The minimum atomic E-state index is -2.94. The molecule has 0 aliphatic heterocycles. The van der Waals surface area contributed by atoms with Crippen molar-refractivity contribution in [2.75, 3.05) is 5.32 Å². The van der Waals surface area contributed by atoms with Crippen molar-refractivity contribution in [1.82, 2.24) is 9.78 Å². The van der Waals surface area contributed by atoms with Crippen molar-refractivity contribution in [1.29, 1.82) is 0 Å². The minimum Gasteiger partial charge on any atom is -0.433 e. The second-order valence-electron chi connectivity index (χ2n) is 4.47. The highest BCUT2D eigenvalue weighted by Crippen LogP contribution is 2.25. The molecular formula is C14H14F2IN3O2. The molecule has 0 saturated carbocycles. The fraction of sp³-hybridized carbons (Fsp3) is 0.286. The van der Waals surface area contributed by atoms with Crippen LogP contribution in [0.2, 0.25) is 0 Å². The number of alkyl halides is 2. The van der Waals surface area contributed by atoms with Crippen molar-refractivity contribution in [2.24, 2.45) is 0 Å². The van der Waals surface area contributed by atoms with Crippen LogP contribution >= 0.6 is 22.6 Å². The van der Waals surface area contributed by atoms with E-state index in [4.69, 9.17) is 0 Å². The first-order valence-electron chi connectivity index (χ1n) is 6.49. The van der Waals surface area contributed by atoms with Crippen molar-refractivity contribution in [3.63, 3.8) is 0 Å². The van der Waals surface area contributed by atoms with Crippen LogP contribution in [0.3, 0.4) is 0 Å². The number of halogens is 3. The molecule has 22 heavy (non-hydrogen) atoms. The molecule has 1 N–H and O–H groups in total. The second kappa shape index (κ2) is 7.52. The van der Waals surface area contributed by atoms with Gasteiger partial charge in [0.15, 0.2) is 0 Å². The van der Waals surface area contributed by atoms with Crippen molar-refractivity contribution < 1.29 is 18.3 Å². The summed E-state index contributed by atoms with van der Waals surface area (Å²) >= 11 is 2.16. The molecule has 1 heterocycles. The summed E-state index contributed by atoms with van der Waals surface area (Å²) in [7, 11) is 0. The van der Waals surface area contributed by atoms with Gasteiger partial charge in [-0.25, -0.2) is 0 Å². The maximum absolute atomic E-state index is 12.3. The van der Waals surface area contributed by atoms with E-state index in [0.29, 0.717) is 6.54 Å². The molecule has 2 rings (SSSR count). The first-order chi connectivity index (χ1) is 10.5. The number of amides is 1. The third kappa shape index (κ3) is 4.39. The number of hydrogen-bond donors (Lipinski definition) is 1. The highest BCUT2D eigenvalue weighted by atomic mass is 127. The van der Waals surface area contributed by atoms with E-state index in [2.05, 4.69) is 37.7 Å². The lowest BCUT2D eigenvalue weighted by atomic mass is 10.2. The van der Waals surface area contributed by atoms with Gasteiger partial charge in [0.25, 0.3) is 0 Å². The molecule has 0 unspecified atom stereocenters. The molecule has 8 heteroatoms. The van der Waals surface area contributed by atoms with Crippen molar-refractivity contribution >= 4 is 34.2 Å². The van der Waals surface area contributed by atoms with E-state index in [9.17, 15) is 13.6 Å². The molecule has 2 aromatic rings. The van der Waals surface area contributed by atoms with Gasteiger partial charge in [0, 0.05) is 12.1 Å². The van der Waals surface area contributed by atoms with Gasteiger partial charge in [-0.2, -0.15) is 13.9 Å². The molecule has 0 radical (unpaired) electrons. The third-order valence-corrected chi connectivity index (χ3v) is 4.03. The number of nitrogens with one attached hydrogen (secondary N) is 1. The van der Waals surface area contributed by atoms with Crippen LogP contribution in [0.15, 0.2) is 30.5 Å². The van der Waals surface area contributed by atoms with Gasteiger partial charge in [0.2, 0.25) is 5.91 Å². The smallest absolute Gasteiger partial charge is 0.387 e. The first-order valence-corrected chi connectivity index (χ1v) is 7.57. The molecule has 1 aromatic carbocycles. The van der Waals surface area contributed by atoms with Crippen LogP contribution in [0.1, 0.15) is 12.1 Å². The Morgan fingerprint density at radius 2 is 2.18 bits per heavy atom. The van der Waals surface area contributed by atoms with Gasteiger partial charge in [0.1, 0.15) is 5.75 Å². The van der Waals surface area contributed by atoms with Gasteiger partial charge in [0.05, 0.1) is 22.0 Å². The predicted molar refractivity (Wildman–Crippen MR) is 86.0 cm³/mol. The van der Waals surface area contributed by atoms with Crippen molar-refractivity contribution in [3.8, 4) is 5.75 Å². The summed E-state index contributed by atoms with van der Waals surface area (Å²) in [5.74, 6) is -0.356. The molecule has 5 nitrogen and oxygen atoms in total. The Balaban J connectivity index is 1.96. The molecule has 0 bridgehead atoms. The van der Waals surface area contributed by atoms with Crippen LogP contribution in [-0.4, -0.2) is 22.3 Å². The average molecular weight is 421 g/mol. The number of nitrogens with zero attached hydrogens (tertiary/aromatic N) is 2. The average Bonchev–Trinajstić information content (AvgIpc) is 2.78. The minimum absolute atomic E-state index is 0.0596. The Hall–Kier alpha value is -1.71. The quantitative estimate of drug-likeness (QED) is 0.728. The summed E-state index contributed by atoms with van der Waals surface area (Å²) in [6.07, 6.45) is 1.90. The molecule has 0 aliphatic carbocycles. The number of ether oxygens (including phenoxy) is 1. The Morgan fingerprint density at radius 3 is 2.82 bits per heavy atom. The second-order valence-corrected chi connectivity index (χ2v) is 5.64. The number of carbonyl (C=O) groups is 1. The number of carbonyl (C=O) groups excluding carboxylic acids is 1. The first kappa shape index (κ1) is 16.7. The molecule has 118 valence electrons. The number of hydrogen-bond acceptors (Lipinski definition) is 3. The summed E-state index contributed by atoms with van der Waals surface area (Å²) < 4.78 is 31.7. The molecule has 0 spiro atoms. The van der Waals surface area contributed by atoms with Crippen LogP contribution in [0.25, 0.3) is 0 Å². The van der Waals surface area contributed by atoms with Gasteiger partial charge in [-0.15, -0.1) is 0 Å². The monoisotopic (exact) mass is 421 g/mol. The maximum Gasteiger partial charge on any atom is 0.387 e. The van der Waals surface area contributed by atoms with Crippen LogP contribution < -0.4 is 10.1 Å². The van der Waals surface area contributed by atoms with Gasteiger partial charge in [-0.3, -0.25) is 9.48 Å². The summed E-state index contributed by atoms with van der Waals surface area (Å²) in [6, 6.07) is 6.08. The van der Waals surface area contributed by atoms with E-state index in [-0.39, 0.29) is 23.8 Å². The molecule has 1 aromatic heterocycles. The van der Waals surface area contributed by atoms with E-state index in [1.807, 2.05) is 6.92 Å². The molecule has 0 atom stereocenters. The lowest BCUT2D eigenvalue weighted by molar-refractivity contribution is -0.116. The molecular weight excluding hydrogens is 407 g/mol. The van der Waals surface area contributed by atoms with Crippen LogP contribution in [0.5, 0.6) is 5.75 Å². The van der Waals surface area contributed by atoms with E-state index >= 15 is 0 Å². The Kier molecular flexibility index (Phi) is 5.69. The van der Waals surface area contributed by atoms with Crippen molar-refractivity contribution in [3.05, 3.63) is 39.7 Å². The standard InChI is InChI=1S/C14H14F2IN3O2/c1-9-10(17)8-18-20(9)7-6-13(21)19-11-4-2-3-5-12(11)22-14(15)16/h2-5,8,14H,6-7H2,1H3,(H,19,21). The normalized spacial score (nSPS) is 10.8. The highest BCUT2D eigenvalue weighted by Gasteiger charge is 2.12. The largest absolute Gasteiger partial charge is 0.433 e. The molecule has 0 fully saturated rings. The predicted octanol–water partition coefficient (Wildman–Crippen LogP) is 3.43. The number of aryl methyl sites for hydroxylation is 1. The Bertz CT molecular complexity index is 661. The highest BCUT2D eigenvalue weighted by molar-refractivity contribution is 14.1. The van der Waals surface area contributed by atoms with E-state index < -0.39 is 6.61 Å². The fourth-order valence-electron chi connectivity index (χ4n) is 1.84. The zero-order chi connectivity index (χ0) is 16.1. The molecule has 1 amide bonds. The molecule has 0 saturated heterocycles. The summed E-state index contributed by atoms with van der Waals surface area (Å²) in [5.41, 5.74) is 1.20. The van der Waals surface area contributed by atoms with Crippen LogP contribution in [-0.2, 0) is 11.3 Å². The number of para-hydroxylation sites is 2. The van der Waals surface area contributed by atoms with Crippen LogP contribution in [0.4, 0.5) is 14.5 Å². The van der Waals surface area contributed by atoms with Crippen molar-refractivity contribution in [2.45, 2.75) is 26.5 Å². The molecule has 0 aliphatic rings. The zero-order valence-corrected chi connectivity index (χ0v) is 13.9. The van der Waals surface area contributed by atoms with Crippen LogP contribution in [0, 0.1) is 10.5 Å². The van der Waals surface area contributed by atoms with E-state index in [1.54, 1.807) is 23.0 Å². The van der Waals surface area contributed by atoms with Gasteiger partial charge in [-0.05, 0) is 41.6 Å². The SMILES string of the molecule is Cc1c(I)cnn1CCC(=O)Nc1ccccc1OC(F)F. The summed E-state index contributed by atoms with van der Waals surface area (Å²) in [6.45, 7) is -0.608. The maximum atomic E-state index is 12.3. The van der Waals surface area contributed by atoms with Gasteiger partial charge < -0.3 is 10.1 Å². The van der Waals surface area contributed by atoms with Gasteiger partial charge >= 0.3 is 6.61 Å². The Labute approximate surface area is 139 Å². The lowest BCUT2D eigenvalue weighted by Crippen LogP contribution is -2.16. The number of rotatable bonds is 6. The Morgan fingerprint density at radius 1 is 1.45 bits per heavy atom. The topological polar surface area (TPSA) is 56.2 Å². The van der Waals surface area contributed by atoms with E-state index in [1.165, 1.54) is 12.1 Å². The lowest BCUT2D eigenvalue weighted by Gasteiger charge is -2.11. The zero-order valence-electron chi connectivity index (χ0n) is 11.7. The number of anilines is 1. The van der Waals surface area contributed by atoms with E-state index in [0.717, 1.165) is 9.26 Å². The summed E-state index contributed by atoms with van der Waals surface area (Å²) in [5, 5.41) is 6.73.